The van der Waals surface area contributed by atoms with Crippen LogP contribution in [-0.4, -0.2) is 29.9 Å². The first-order valence-corrected chi connectivity index (χ1v) is 5.90. The Labute approximate surface area is 93.5 Å². The van der Waals surface area contributed by atoms with Gasteiger partial charge in [-0.2, -0.15) is 0 Å². The fourth-order valence-electron chi connectivity index (χ4n) is 2.35. The number of likely N-dealkylation sites (tertiary alicyclic amines) is 1. The molecule has 0 radical (unpaired) electrons. The van der Waals surface area contributed by atoms with Crippen molar-refractivity contribution < 1.29 is 0 Å². The summed E-state index contributed by atoms with van der Waals surface area (Å²) in [5.41, 5.74) is 5.95. The molecule has 0 aliphatic carbocycles. The highest BCUT2D eigenvalue weighted by atomic mass is 15.2. The van der Waals surface area contributed by atoms with Crippen molar-refractivity contribution in [1.82, 2.24) is 4.90 Å². The largest absolute Gasteiger partial charge is 0.386 e. The number of nitrogens with zero attached hydrogens (tertiary/aromatic N) is 1. The van der Waals surface area contributed by atoms with Gasteiger partial charge in [-0.3, -0.25) is 10.3 Å². The fourth-order valence-corrected chi connectivity index (χ4v) is 2.35. The molecule has 3 nitrogen and oxygen atoms in total. The second-order valence-electron chi connectivity index (χ2n) is 5.81. The first-order chi connectivity index (χ1) is 6.82. The Morgan fingerprint density at radius 1 is 1.33 bits per heavy atom. The molecule has 1 heterocycles. The Kier molecular flexibility index (Phi) is 3.77. The third-order valence-electron chi connectivity index (χ3n) is 3.75. The molecule has 3 N–H and O–H groups in total. The first kappa shape index (κ1) is 12.5. The lowest BCUT2D eigenvalue weighted by atomic mass is 9.75. The summed E-state index contributed by atoms with van der Waals surface area (Å²) in [4.78, 5) is 2.32. The van der Waals surface area contributed by atoms with Crippen molar-refractivity contribution in [2.24, 2.45) is 17.1 Å². The molecule has 0 aromatic carbocycles. The average molecular weight is 211 g/mol. The predicted molar refractivity (Wildman–Crippen MR) is 65.1 cm³/mol. The molecule has 88 valence electrons. The minimum Gasteiger partial charge on any atom is -0.386 e. The molecule has 0 bridgehead atoms. The third-order valence-corrected chi connectivity index (χ3v) is 3.75. The van der Waals surface area contributed by atoms with Crippen molar-refractivity contribution in [3.63, 3.8) is 0 Å². The maximum Gasteiger partial charge on any atom is 0.108 e. The summed E-state index contributed by atoms with van der Waals surface area (Å²) in [7, 11) is 0. The second-order valence-corrected chi connectivity index (χ2v) is 5.81. The molecule has 0 saturated carbocycles. The van der Waals surface area contributed by atoms with Gasteiger partial charge in [0.15, 0.2) is 0 Å². The third kappa shape index (κ3) is 3.20. The number of amidine groups is 1. The number of hydrogen-bond donors (Lipinski definition) is 2. The Hall–Kier alpha value is -0.570. The Bertz CT molecular complexity index is 222. The summed E-state index contributed by atoms with van der Waals surface area (Å²) in [5.74, 6) is 1.11. The summed E-state index contributed by atoms with van der Waals surface area (Å²) in [6.45, 7) is 11.2. The molecular weight excluding hydrogens is 186 g/mol. The lowest BCUT2D eigenvalue weighted by Crippen LogP contribution is -2.47. The fraction of sp³-hybridized carbons (Fsp3) is 0.917. The summed E-state index contributed by atoms with van der Waals surface area (Å²) in [6.07, 6.45) is 2.47. The normalized spacial score (nSPS) is 22.7. The number of piperidine rings is 1. The van der Waals surface area contributed by atoms with Crippen molar-refractivity contribution in [2.45, 2.75) is 46.6 Å². The van der Waals surface area contributed by atoms with Gasteiger partial charge in [-0.05, 0) is 44.2 Å². The van der Waals surface area contributed by atoms with E-state index in [0.717, 1.165) is 19.0 Å². The SMILES string of the molecule is CC(C(=N)N)N1CCC(C(C)(C)C)CC1. The van der Waals surface area contributed by atoms with Crippen LogP contribution in [0.3, 0.4) is 0 Å². The topological polar surface area (TPSA) is 53.1 Å². The van der Waals surface area contributed by atoms with Crippen LogP contribution in [0.15, 0.2) is 0 Å². The lowest BCUT2D eigenvalue weighted by Gasteiger charge is -2.40. The molecular formula is C12H25N3. The molecule has 1 rings (SSSR count). The van der Waals surface area contributed by atoms with E-state index >= 15 is 0 Å². The second kappa shape index (κ2) is 4.52. The van der Waals surface area contributed by atoms with Gasteiger partial charge in [0.25, 0.3) is 0 Å². The van der Waals surface area contributed by atoms with E-state index in [1.807, 2.05) is 6.92 Å². The van der Waals surface area contributed by atoms with Crippen molar-refractivity contribution in [3.05, 3.63) is 0 Å². The summed E-state index contributed by atoms with van der Waals surface area (Å²) in [6, 6.07) is 0.117. The van der Waals surface area contributed by atoms with E-state index < -0.39 is 0 Å². The van der Waals surface area contributed by atoms with E-state index in [1.54, 1.807) is 0 Å². The maximum absolute atomic E-state index is 7.45. The van der Waals surface area contributed by atoms with Crippen molar-refractivity contribution in [2.75, 3.05) is 13.1 Å². The van der Waals surface area contributed by atoms with Crippen LogP contribution in [0.25, 0.3) is 0 Å². The highest BCUT2D eigenvalue weighted by Crippen LogP contribution is 2.34. The molecule has 15 heavy (non-hydrogen) atoms. The van der Waals surface area contributed by atoms with Crippen molar-refractivity contribution in [3.8, 4) is 0 Å². The van der Waals surface area contributed by atoms with Crippen LogP contribution in [0.4, 0.5) is 0 Å². The molecule has 0 aromatic rings. The number of hydrogen-bond acceptors (Lipinski definition) is 2. The van der Waals surface area contributed by atoms with Gasteiger partial charge in [-0.15, -0.1) is 0 Å². The van der Waals surface area contributed by atoms with Gasteiger partial charge < -0.3 is 5.73 Å². The zero-order chi connectivity index (χ0) is 11.6. The van der Waals surface area contributed by atoms with Crippen LogP contribution in [0.2, 0.25) is 0 Å². The van der Waals surface area contributed by atoms with Gasteiger partial charge in [0, 0.05) is 0 Å². The van der Waals surface area contributed by atoms with Gasteiger partial charge in [-0.1, -0.05) is 20.8 Å². The standard InChI is InChI=1S/C12H25N3/c1-9(11(13)14)15-7-5-10(6-8-15)12(2,3)4/h9-10H,5-8H2,1-4H3,(H3,13,14). The molecule has 1 aliphatic rings. The number of nitrogens with one attached hydrogen (secondary N) is 1. The first-order valence-electron chi connectivity index (χ1n) is 5.90. The molecule has 0 aromatic heterocycles. The molecule has 1 atom stereocenters. The highest BCUT2D eigenvalue weighted by Gasteiger charge is 2.30. The quantitative estimate of drug-likeness (QED) is 0.542. The van der Waals surface area contributed by atoms with E-state index in [0.29, 0.717) is 11.3 Å². The molecule has 3 heteroatoms. The number of nitrogens with two attached hydrogens (primary N) is 1. The van der Waals surface area contributed by atoms with Crippen LogP contribution in [0.5, 0.6) is 0 Å². The molecule has 1 unspecified atom stereocenters. The molecule has 0 spiro atoms. The van der Waals surface area contributed by atoms with Crippen LogP contribution < -0.4 is 5.73 Å². The van der Waals surface area contributed by atoms with Gasteiger partial charge in [0.2, 0.25) is 0 Å². The van der Waals surface area contributed by atoms with E-state index in [4.69, 9.17) is 11.1 Å². The monoisotopic (exact) mass is 211 g/mol. The van der Waals surface area contributed by atoms with Crippen LogP contribution >= 0.6 is 0 Å². The maximum atomic E-state index is 7.45. The lowest BCUT2D eigenvalue weighted by molar-refractivity contribution is 0.104. The van der Waals surface area contributed by atoms with Gasteiger partial charge >= 0.3 is 0 Å². The van der Waals surface area contributed by atoms with E-state index in [9.17, 15) is 0 Å². The van der Waals surface area contributed by atoms with Crippen LogP contribution in [0, 0.1) is 16.7 Å². The van der Waals surface area contributed by atoms with Crippen molar-refractivity contribution >= 4 is 5.84 Å². The Morgan fingerprint density at radius 2 is 1.80 bits per heavy atom. The van der Waals surface area contributed by atoms with Crippen LogP contribution in [-0.2, 0) is 0 Å². The van der Waals surface area contributed by atoms with E-state index in [1.165, 1.54) is 12.8 Å². The van der Waals surface area contributed by atoms with Gasteiger partial charge in [0.1, 0.15) is 5.84 Å². The summed E-state index contributed by atoms with van der Waals surface area (Å²) in [5, 5.41) is 7.45. The van der Waals surface area contributed by atoms with Gasteiger partial charge in [-0.25, -0.2) is 0 Å². The van der Waals surface area contributed by atoms with E-state index in [-0.39, 0.29) is 6.04 Å². The molecule has 0 amide bonds. The Morgan fingerprint density at radius 3 is 2.13 bits per heavy atom. The molecule has 1 aliphatic heterocycles. The average Bonchev–Trinajstić information content (AvgIpc) is 2.15. The zero-order valence-electron chi connectivity index (χ0n) is 10.5. The number of rotatable bonds is 2. The minimum atomic E-state index is 0.117. The molecule has 1 saturated heterocycles. The summed E-state index contributed by atoms with van der Waals surface area (Å²) >= 11 is 0. The van der Waals surface area contributed by atoms with Crippen molar-refractivity contribution in [1.29, 1.82) is 5.41 Å². The van der Waals surface area contributed by atoms with Crippen LogP contribution in [0.1, 0.15) is 40.5 Å². The molecule has 1 fully saturated rings. The highest BCUT2D eigenvalue weighted by molar-refractivity contribution is 5.82. The zero-order valence-corrected chi connectivity index (χ0v) is 10.5. The van der Waals surface area contributed by atoms with Gasteiger partial charge in [0.05, 0.1) is 6.04 Å². The summed E-state index contributed by atoms with van der Waals surface area (Å²) < 4.78 is 0. The smallest absolute Gasteiger partial charge is 0.108 e. The minimum absolute atomic E-state index is 0.117. The predicted octanol–water partition coefficient (Wildman–Crippen LogP) is 2.07. The Balaban J connectivity index is 2.46. The van der Waals surface area contributed by atoms with E-state index in [2.05, 4.69) is 25.7 Å².